The predicted octanol–water partition coefficient (Wildman–Crippen LogP) is 5.69. The Bertz CT molecular complexity index is 834. The smallest absolute Gasteiger partial charge is 0.357 e. The fraction of sp³-hybridized carbons (Fsp3) is 0.333. The van der Waals surface area contributed by atoms with Gasteiger partial charge in [-0.05, 0) is 37.5 Å². The zero-order valence-electron chi connectivity index (χ0n) is 14.0. The molecule has 1 aliphatic rings. The highest BCUT2D eigenvalue weighted by Gasteiger charge is 2.42. The zero-order chi connectivity index (χ0) is 18.1. The van der Waals surface area contributed by atoms with Crippen LogP contribution >= 0.6 is 0 Å². The van der Waals surface area contributed by atoms with Crippen LogP contribution in [0.25, 0.3) is 0 Å². The molecule has 0 radical (unpaired) electrons. The van der Waals surface area contributed by atoms with Gasteiger partial charge in [-0.1, -0.05) is 50.8 Å². The van der Waals surface area contributed by atoms with Crippen molar-refractivity contribution in [2.24, 2.45) is 0 Å². The van der Waals surface area contributed by atoms with Gasteiger partial charge in [-0.25, -0.2) is 4.98 Å². The average molecular weight is 355 g/mol. The molecule has 2 aromatic rings. The molecule has 3 rings (SSSR count). The van der Waals surface area contributed by atoms with Gasteiger partial charge in [0.2, 0.25) is 0 Å². The molecule has 1 fully saturated rings. The summed E-state index contributed by atoms with van der Waals surface area (Å²) in [6.45, 7) is 5.74. The van der Waals surface area contributed by atoms with Crippen LogP contribution in [0.15, 0.2) is 54.7 Å². The molecule has 5 heteroatoms. The molecule has 0 spiro atoms. The lowest BCUT2D eigenvalue weighted by atomic mass is 9.62. The number of nitrogens with zero attached hydrogens (tertiary/aromatic N) is 2. The molecule has 136 valence electrons. The summed E-state index contributed by atoms with van der Waals surface area (Å²) in [6, 6.07) is 14.1. The Morgan fingerprint density at radius 2 is 1.88 bits per heavy atom. The Morgan fingerprint density at radius 3 is 2.42 bits per heavy atom. The quantitative estimate of drug-likeness (QED) is 0.749. The first-order chi connectivity index (χ1) is 11.9. The SMILES string of the molecule is C.C=C(Nc1ccc(C)nc1C(F)(F)C#N)C1(c2ccccc2)CCC1. The molecule has 0 saturated heterocycles. The molecule has 1 saturated carbocycles. The summed E-state index contributed by atoms with van der Waals surface area (Å²) in [4.78, 5) is 3.89. The van der Waals surface area contributed by atoms with E-state index in [0.29, 0.717) is 11.4 Å². The normalized spacial score (nSPS) is 15.2. The lowest BCUT2D eigenvalue weighted by molar-refractivity contribution is 0.0570. The van der Waals surface area contributed by atoms with Gasteiger partial charge in [0.1, 0.15) is 11.8 Å². The molecule has 1 N–H and O–H groups in total. The van der Waals surface area contributed by atoms with Gasteiger partial charge in [-0.3, -0.25) is 0 Å². The Balaban J connectivity index is 0.00000243. The van der Waals surface area contributed by atoms with Crippen molar-refractivity contribution in [1.82, 2.24) is 4.98 Å². The Kier molecular flexibility index (Phi) is 5.46. The van der Waals surface area contributed by atoms with Crippen molar-refractivity contribution < 1.29 is 8.78 Å². The molecule has 0 amide bonds. The number of aryl methyl sites for hydroxylation is 1. The second-order valence-corrected chi connectivity index (χ2v) is 6.44. The fourth-order valence-corrected chi connectivity index (χ4v) is 3.28. The van der Waals surface area contributed by atoms with E-state index in [4.69, 9.17) is 5.26 Å². The first-order valence-electron chi connectivity index (χ1n) is 8.18. The van der Waals surface area contributed by atoms with Crippen molar-refractivity contribution in [1.29, 1.82) is 5.26 Å². The molecule has 1 heterocycles. The molecular weight excluding hydrogens is 332 g/mol. The van der Waals surface area contributed by atoms with E-state index in [1.165, 1.54) is 6.07 Å². The molecular formula is C21H23F2N3. The van der Waals surface area contributed by atoms with Crippen LogP contribution in [0.5, 0.6) is 0 Å². The second-order valence-electron chi connectivity index (χ2n) is 6.44. The van der Waals surface area contributed by atoms with Gasteiger partial charge in [-0.2, -0.15) is 14.0 Å². The topological polar surface area (TPSA) is 48.7 Å². The van der Waals surface area contributed by atoms with Crippen LogP contribution in [0.1, 0.15) is 43.6 Å². The van der Waals surface area contributed by atoms with Gasteiger partial charge >= 0.3 is 5.92 Å². The van der Waals surface area contributed by atoms with Crippen molar-refractivity contribution in [2.75, 3.05) is 5.32 Å². The van der Waals surface area contributed by atoms with Crippen molar-refractivity contribution in [2.45, 2.75) is 45.0 Å². The van der Waals surface area contributed by atoms with Crippen LogP contribution in [0.3, 0.4) is 0 Å². The Labute approximate surface area is 153 Å². The molecule has 3 nitrogen and oxygen atoms in total. The first-order valence-corrected chi connectivity index (χ1v) is 8.18. The Hall–Kier alpha value is -2.74. The maximum Gasteiger partial charge on any atom is 0.375 e. The van der Waals surface area contributed by atoms with Gasteiger partial charge < -0.3 is 5.32 Å². The summed E-state index contributed by atoms with van der Waals surface area (Å²) < 4.78 is 28.0. The number of hydrogen-bond donors (Lipinski definition) is 1. The number of aromatic nitrogens is 1. The van der Waals surface area contributed by atoms with Gasteiger partial charge in [0.05, 0.1) is 5.69 Å². The summed E-state index contributed by atoms with van der Waals surface area (Å²) in [6.07, 6.45) is 2.88. The third-order valence-electron chi connectivity index (χ3n) is 4.87. The summed E-state index contributed by atoms with van der Waals surface area (Å²) in [5.74, 6) is -3.66. The molecule has 1 aromatic heterocycles. The maximum atomic E-state index is 14.0. The average Bonchev–Trinajstić information content (AvgIpc) is 2.56. The molecule has 26 heavy (non-hydrogen) atoms. The monoisotopic (exact) mass is 355 g/mol. The molecule has 0 unspecified atom stereocenters. The molecule has 0 atom stereocenters. The van der Waals surface area contributed by atoms with Gasteiger partial charge in [-0.15, -0.1) is 0 Å². The minimum absolute atomic E-state index is 0. The highest BCUT2D eigenvalue weighted by atomic mass is 19.3. The van der Waals surface area contributed by atoms with Gasteiger partial charge in [0.25, 0.3) is 0 Å². The third kappa shape index (κ3) is 3.32. The highest BCUT2D eigenvalue weighted by molar-refractivity contribution is 5.58. The van der Waals surface area contributed by atoms with Crippen LogP contribution < -0.4 is 5.32 Å². The van der Waals surface area contributed by atoms with Crippen LogP contribution in [0.4, 0.5) is 14.5 Å². The van der Waals surface area contributed by atoms with E-state index in [-0.39, 0.29) is 18.5 Å². The molecule has 0 aliphatic heterocycles. The minimum atomic E-state index is -3.66. The number of hydrogen-bond acceptors (Lipinski definition) is 3. The number of pyridine rings is 1. The molecule has 1 aliphatic carbocycles. The summed E-state index contributed by atoms with van der Waals surface area (Å²) in [7, 11) is 0. The van der Waals surface area contributed by atoms with E-state index in [1.807, 2.05) is 30.3 Å². The largest absolute Gasteiger partial charge is 0.375 e. The number of rotatable bonds is 5. The number of nitrogens with one attached hydrogen (secondary N) is 1. The number of halogens is 2. The fourth-order valence-electron chi connectivity index (χ4n) is 3.28. The van der Waals surface area contributed by atoms with Gasteiger partial charge in [0, 0.05) is 16.8 Å². The van der Waals surface area contributed by atoms with Crippen LogP contribution in [0.2, 0.25) is 0 Å². The van der Waals surface area contributed by atoms with Gasteiger partial charge in [0.15, 0.2) is 0 Å². The van der Waals surface area contributed by atoms with Crippen molar-refractivity contribution in [3.05, 3.63) is 71.7 Å². The number of benzene rings is 1. The van der Waals surface area contributed by atoms with E-state index in [9.17, 15) is 8.78 Å². The lowest BCUT2D eigenvalue weighted by Crippen LogP contribution is -2.39. The van der Waals surface area contributed by atoms with E-state index < -0.39 is 11.6 Å². The van der Waals surface area contributed by atoms with Crippen molar-refractivity contribution >= 4 is 5.69 Å². The van der Waals surface area contributed by atoms with E-state index in [2.05, 4.69) is 16.9 Å². The number of allylic oxidation sites excluding steroid dienone is 1. The maximum absolute atomic E-state index is 14.0. The van der Waals surface area contributed by atoms with Crippen molar-refractivity contribution in [3.63, 3.8) is 0 Å². The first kappa shape index (κ1) is 19.6. The van der Waals surface area contributed by atoms with Crippen LogP contribution in [-0.2, 0) is 11.3 Å². The molecule has 1 aromatic carbocycles. The summed E-state index contributed by atoms with van der Waals surface area (Å²) in [5.41, 5.74) is 1.51. The summed E-state index contributed by atoms with van der Waals surface area (Å²) >= 11 is 0. The van der Waals surface area contributed by atoms with E-state index in [0.717, 1.165) is 30.9 Å². The predicted molar refractivity (Wildman–Crippen MR) is 99.9 cm³/mol. The Morgan fingerprint density at radius 1 is 1.23 bits per heavy atom. The standard InChI is InChI=1S/C20H19F2N3.CH4/c1-14-9-10-17(18(24-14)20(21,22)13-23)25-15(2)19(11-6-12-19)16-7-4-3-5-8-16;/h3-5,7-10,25H,2,6,11-12H2,1H3;1H4. The van der Waals surface area contributed by atoms with Crippen LogP contribution in [0, 0.1) is 18.3 Å². The second kappa shape index (κ2) is 7.25. The van der Waals surface area contributed by atoms with E-state index >= 15 is 0 Å². The lowest BCUT2D eigenvalue weighted by Gasteiger charge is -2.44. The van der Waals surface area contributed by atoms with Crippen molar-refractivity contribution in [3.8, 4) is 6.07 Å². The molecule has 0 bridgehead atoms. The highest BCUT2D eigenvalue weighted by Crippen LogP contribution is 2.49. The number of nitriles is 1. The number of alkyl halides is 2. The minimum Gasteiger partial charge on any atom is -0.357 e. The zero-order valence-corrected chi connectivity index (χ0v) is 14.0. The van der Waals surface area contributed by atoms with Crippen LogP contribution in [-0.4, -0.2) is 4.98 Å². The van der Waals surface area contributed by atoms with E-state index in [1.54, 1.807) is 13.0 Å². The summed E-state index contributed by atoms with van der Waals surface area (Å²) in [5, 5.41) is 11.8. The third-order valence-corrected chi connectivity index (χ3v) is 4.87. The number of anilines is 1.